The number of rotatable bonds is 4. The molecular formula is C13H18N4O5S. The van der Waals surface area contributed by atoms with Gasteiger partial charge in [-0.3, -0.25) is 10.1 Å². The highest BCUT2D eigenvalue weighted by Gasteiger charge is 2.29. The molecule has 0 aliphatic carbocycles. The molecule has 0 radical (unpaired) electrons. The lowest BCUT2D eigenvalue weighted by atomic mass is 10.0. The number of nitro benzene ring substituents is 1. The molecule has 1 saturated heterocycles. The van der Waals surface area contributed by atoms with Gasteiger partial charge in [-0.1, -0.05) is 0 Å². The molecule has 3 N–H and O–H groups in total. The van der Waals surface area contributed by atoms with Gasteiger partial charge in [-0.2, -0.15) is 0 Å². The highest BCUT2D eigenvalue weighted by Crippen LogP contribution is 2.21. The van der Waals surface area contributed by atoms with Crippen molar-refractivity contribution in [3.63, 3.8) is 0 Å². The normalized spacial score (nSPS) is 18.5. The summed E-state index contributed by atoms with van der Waals surface area (Å²) in [6.07, 6.45) is 2.19. The third-order valence-corrected chi connectivity index (χ3v) is 4.49. The molecule has 23 heavy (non-hydrogen) atoms. The van der Waals surface area contributed by atoms with Gasteiger partial charge in [0, 0.05) is 30.4 Å². The minimum atomic E-state index is -3.67. The Kier molecular flexibility index (Phi) is 5.16. The van der Waals surface area contributed by atoms with Crippen LogP contribution in [-0.4, -0.2) is 42.6 Å². The van der Waals surface area contributed by atoms with Gasteiger partial charge in [0.2, 0.25) is 10.0 Å². The number of carbonyl (C=O) groups excluding carboxylic acids is 1. The number of non-ortho nitro benzene ring substituents is 1. The molecule has 1 aromatic carbocycles. The van der Waals surface area contributed by atoms with Crippen molar-refractivity contribution in [2.24, 2.45) is 5.14 Å². The predicted octanol–water partition coefficient (Wildman–Crippen LogP) is 1.27. The number of carbonyl (C=O) groups is 1. The van der Waals surface area contributed by atoms with Crippen LogP contribution in [0.25, 0.3) is 0 Å². The van der Waals surface area contributed by atoms with E-state index in [1.54, 1.807) is 0 Å². The minimum Gasteiger partial charge on any atom is -0.320 e. The van der Waals surface area contributed by atoms with E-state index in [0.29, 0.717) is 18.7 Å². The Balaban J connectivity index is 2.06. The molecule has 1 heterocycles. The molecule has 1 aliphatic heterocycles. The lowest BCUT2D eigenvalue weighted by Gasteiger charge is -2.35. The maximum absolute atomic E-state index is 12.3. The van der Waals surface area contributed by atoms with Gasteiger partial charge in [0.25, 0.3) is 5.69 Å². The topological polar surface area (TPSA) is 136 Å². The van der Waals surface area contributed by atoms with Crippen LogP contribution in [0.2, 0.25) is 0 Å². The number of benzene rings is 1. The van der Waals surface area contributed by atoms with Crippen LogP contribution in [0.1, 0.15) is 19.3 Å². The summed E-state index contributed by atoms with van der Waals surface area (Å²) in [5.41, 5.74) is 0.327. The Bertz CT molecular complexity index is 689. The summed E-state index contributed by atoms with van der Waals surface area (Å²) >= 11 is 0. The van der Waals surface area contributed by atoms with Crippen molar-refractivity contribution < 1.29 is 18.1 Å². The Morgan fingerprint density at radius 3 is 2.57 bits per heavy atom. The van der Waals surface area contributed by atoms with Gasteiger partial charge in [-0.25, -0.2) is 18.4 Å². The molecule has 1 unspecified atom stereocenters. The van der Waals surface area contributed by atoms with Crippen LogP contribution >= 0.6 is 0 Å². The molecule has 0 saturated carbocycles. The van der Waals surface area contributed by atoms with Gasteiger partial charge in [0.15, 0.2) is 0 Å². The first kappa shape index (κ1) is 17.2. The number of primary sulfonamides is 1. The standard InChI is InChI=1S/C13H18N4O5S/c14-23(21,22)9-12-3-1-2-8-16(12)13(18)15-10-4-6-11(7-5-10)17(19)20/h4-7,12H,1-3,8-9H2,(H,15,18)(H2,14,21,22). The highest BCUT2D eigenvalue weighted by molar-refractivity contribution is 7.89. The number of piperidine rings is 1. The minimum absolute atomic E-state index is 0.0759. The third-order valence-electron chi connectivity index (χ3n) is 3.64. The average Bonchev–Trinajstić information content (AvgIpc) is 2.46. The molecule has 126 valence electrons. The Hall–Kier alpha value is -2.20. The molecule has 1 aromatic rings. The van der Waals surface area contributed by atoms with E-state index < -0.39 is 27.0 Å². The number of hydrogen-bond acceptors (Lipinski definition) is 5. The number of nitrogens with zero attached hydrogens (tertiary/aromatic N) is 2. The monoisotopic (exact) mass is 342 g/mol. The molecule has 1 fully saturated rings. The van der Waals surface area contributed by atoms with E-state index in [1.165, 1.54) is 29.2 Å². The van der Waals surface area contributed by atoms with E-state index in [-0.39, 0.29) is 11.4 Å². The molecule has 1 aliphatic rings. The lowest BCUT2D eigenvalue weighted by molar-refractivity contribution is -0.384. The largest absolute Gasteiger partial charge is 0.322 e. The number of likely N-dealkylation sites (tertiary alicyclic amines) is 1. The summed E-state index contributed by atoms with van der Waals surface area (Å²) in [7, 11) is -3.67. The lowest BCUT2D eigenvalue weighted by Crippen LogP contribution is -2.49. The van der Waals surface area contributed by atoms with Gasteiger partial charge in [0.1, 0.15) is 0 Å². The number of nitrogens with two attached hydrogens (primary N) is 1. The van der Waals surface area contributed by atoms with Crippen LogP contribution in [0.4, 0.5) is 16.2 Å². The summed E-state index contributed by atoms with van der Waals surface area (Å²) in [5.74, 6) is -0.277. The Labute approximate surface area is 133 Å². The van der Waals surface area contributed by atoms with Gasteiger partial charge >= 0.3 is 6.03 Å². The van der Waals surface area contributed by atoms with Crippen molar-refractivity contribution >= 4 is 27.4 Å². The zero-order valence-corrected chi connectivity index (χ0v) is 13.2. The molecule has 0 spiro atoms. The van der Waals surface area contributed by atoms with Gasteiger partial charge in [-0.15, -0.1) is 0 Å². The molecule has 10 heteroatoms. The molecule has 0 bridgehead atoms. The number of anilines is 1. The smallest absolute Gasteiger partial charge is 0.320 e. The number of nitrogens with one attached hydrogen (secondary N) is 1. The number of urea groups is 1. The molecule has 2 amide bonds. The van der Waals surface area contributed by atoms with Gasteiger partial charge in [-0.05, 0) is 31.4 Å². The summed E-state index contributed by atoms with van der Waals surface area (Å²) < 4.78 is 22.6. The first-order chi connectivity index (χ1) is 10.8. The zero-order chi connectivity index (χ0) is 17.0. The summed E-state index contributed by atoms with van der Waals surface area (Å²) in [6.45, 7) is 0.443. The summed E-state index contributed by atoms with van der Waals surface area (Å²) in [4.78, 5) is 23.9. The Morgan fingerprint density at radius 1 is 1.35 bits per heavy atom. The number of hydrogen-bond donors (Lipinski definition) is 2. The maximum atomic E-state index is 12.3. The van der Waals surface area contributed by atoms with Crippen molar-refractivity contribution in [3.05, 3.63) is 34.4 Å². The van der Waals surface area contributed by atoms with E-state index in [4.69, 9.17) is 5.14 Å². The van der Waals surface area contributed by atoms with Gasteiger partial charge in [0.05, 0.1) is 10.7 Å². The van der Waals surface area contributed by atoms with Crippen LogP contribution in [-0.2, 0) is 10.0 Å². The van der Waals surface area contributed by atoms with Crippen molar-refractivity contribution in [2.45, 2.75) is 25.3 Å². The number of amides is 2. The second kappa shape index (κ2) is 6.92. The number of sulfonamides is 1. The first-order valence-electron chi connectivity index (χ1n) is 7.09. The summed E-state index contributed by atoms with van der Waals surface area (Å²) in [5, 5.41) is 18.3. The van der Waals surface area contributed by atoms with E-state index >= 15 is 0 Å². The molecule has 2 rings (SSSR count). The second-order valence-corrected chi connectivity index (χ2v) is 7.07. The second-order valence-electron chi connectivity index (χ2n) is 5.41. The predicted molar refractivity (Wildman–Crippen MR) is 84.4 cm³/mol. The van der Waals surface area contributed by atoms with Crippen LogP contribution in [0, 0.1) is 10.1 Å². The average molecular weight is 342 g/mol. The molecule has 9 nitrogen and oxygen atoms in total. The van der Waals surface area contributed by atoms with Crippen LogP contribution < -0.4 is 10.5 Å². The zero-order valence-electron chi connectivity index (χ0n) is 12.3. The van der Waals surface area contributed by atoms with Crippen molar-refractivity contribution in [2.75, 3.05) is 17.6 Å². The molecule has 1 atom stereocenters. The maximum Gasteiger partial charge on any atom is 0.322 e. The van der Waals surface area contributed by atoms with Crippen LogP contribution in [0.5, 0.6) is 0 Å². The fraction of sp³-hybridized carbons (Fsp3) is 0.462. The fourth-order valence-corrected chi connectivity index (χ4v) is 3.45. The molecular weight excluding hydrogens is 324 g/mol. The van der Waals surface area contributed by atoms with E-state index in [2.05, 4.69) is 5.32 Å². The quantitative estimate of drug-likeness (QED) is 0.627. The summed E-state index contributed by atoms with van der Waals surface area (Å²) in [6, 6.07) is 4.52. The first-order valence-corrected chi connectivity index (χ1v) is 8.80. The molecule has 0 aromatic heterocycles. The van der Waals surface area contributed by atoms with E-state index in [0.717, 1.165) is 12.8 Å². The van der Waals surface area contributed by atoms with Crippen molar-refractivity contribution in [3.8, 4) is 0 Å². The Morgan fingerprint density at radius 2 is 2.00 bits per heavy atom. The van der Waals surface area contributed by atoms with Crippen LogP contribution in [0.15, 0.2) is 24.3 Å². The SMILES string of the molecule is NS(=O)(=O)CC1CCCCN1C(=O)Nc1ccc([N+](=O)[O-])cc1. The third kappa shape index (κ3) is 4.89. The van der Waals surface area contributed by atoms with E-state index in [9.17, 15) is 23.3 Å². The van der Waals surface area contributed by atoms with E-state index in [1.807, 2.05) is 0 Å². The van der Waals surface area contributed by atoms with Crippen LogP contribution in [0.3, 0.4) is 0 Å². The fourth-order valence-electron chi connectivity index (χ4n) is 2.57. The van der Waals surface area contributed by atoms with Crippen molar-refractivity contribution in [1.29, 1.82) is 0 Å². The van der Waals surface area contributed by atoms with Gasteiger partial charge < -0.3 is 10.2 Å². The van der Waals surface area contributed by atoms with Crippen molar-refractivity contribution in [1.82, 2.24) is 4.90 Å². The highest BCUT2D eigenvalue weighted by atomic mass is 32.2. The number of nitro groups is 1.